The van der Waals surface area contributed by atoms with Gasteiger partial charge in [0.25, 0.3) is 10.0 Å². The van der Waals surface area contributed by atoms with E-state index < -0.39 is 10.0 Å². The molecule has 0 bridgehead atoms. The van der Waals surface area contributed by atoms with Crippen molar-refractivity contribution in [2.45, 2.75) is 23.3 Å². The molecule has 0 unspecified atom stereocenters. The van der Waals surface area contributed by atoms with E-state index in [9.17, 15) is 18.5 Å². The van der Waals surface area contributed by atoms with Gasteiger partial charge < -0.3 is 5.32 Å². The van der Waals surface area contributed by atoms with Gasteiger partial charge in [-0.3, -0.25) is 9.52 Å². The number of benzene rings is 3. The molecule has 2 heterocycles. The van der Waals surface area contributed by atoms with Crippen molar-refractivity contribution in [1.29, 1.82) is 5.26 Å². The zero-order valence-electron chi connectivity index (χ0n) is 22.3. The Balaban J connectivity index is 1.26. The lowest BCUT2D eigenvalue weighted by atomic mass is 9.99. The van der Waals surface area contributed by atoms with Gasteiger partial charge in [0.15, 0.2) is 0 Å². The highest BCUT2D eigenvalue weighted by Gasteiger charge is 2.18. The van der Waals surface area contributed by atoms with Gasteiger partial charge in [0.2, 0.25) is 11.0 Å². The Labute approximate surface area is 251 Å². The second-order valence-corrected chi connectivity index (χ2v) is 12.9. The van der Waals surface area contributed by atoms with Crippen LogP contribution in [0.25, 0.3) is 22.4 Å². The SMILES string of the molecule is Cc1nnc(NS(=O)(=O)c2ccc(NC(=O)CCSc3nc(-c4ccccc4)cc(-c4ccccc4)c3C#N)cc2)s1. The first-order chi connectivity index (χ1) is 20.3. The third-order valence-corrected chi connectivity index (χ3v) is 9.23. The van der Waals surface area contributed by atoms with Gasteiger partial charge in [-0.25, -0.2) is 13.4 Å². The Morgan fingerprint density at radius 2 is 1.62 bits per heavy atom. The summed E-state index contributed by atoms with van der Waals surface area (Å²) < 4.78 is 27.6. The van der Waals surface area contributed by atoms with Gasteiger partial charge in [-0.05, 0) is 42.8 Å². The molecule has 0 radical (unpaired) electrons. The number of rotatable bonds is 10. The summed E-state index contributed by atoms with van der Waals surface area (Å²) in [4.78, 5) is 17.5. The number of aryl methyl sites for hydroxylation is 1. The molecule has 0 saturated heterocycles. The Morgan fingerprint density at radius 1 is 0.952 bits per heavy atom. The van der Waals surface area contributed by atoms with Crippen LogP contribution in [-0.2, 0) is 14.8 Å². The minimum absolute atomic E-state index is 0.0338. The standard InChI is InChI=1S/C30H24N6O3S3/c1-20-34-35-30(41-20)36-42(38,39)24-14-12-23(13-15-24)32-28(37)16-17-40-29-26(19-31)25(21-8-4-2-5-9-21)18-27(33-29)22-10-6-3-7-11-22/h2-15,18H,16-17H2,1H3,(H,32,37)(H,35,36). The maximum absolute atomic E-state index is 12.7. The molecule has 2 N–H and O–H groups in total. The van der Waals surface area contributed by atoms with Crippen molar-refractivity contribution in [3.63, 3.8) is 0 Å². The Hall–Kier alpha value is -4.57. The van der Waals surface area contributed by atoms with Gasteiger partial charge in [0.05, 0.1) is 16.2 Å². The van der Waals surface area contributed by atoms with E-state index in [0.29, 0.717) is 27.0 Å². The van der Waals surface area contributed by atoms with Crippen LogP contribution >= 0.6 is 23.1 Å². The molecule has 2 aromatic heterocycles. The first-order valence-corrected chi connectivity index (χ1v) is 16.0. The lowest BCUT2D eigenvalue weighted by Gasteiger charge is -2.13. The highest BCUT2D eigenvalue weighted by atomic mass is 32.2. The Morgan fingerprint density at radius 3 is 2.24 bits per heavy atom. The third-order valence-electron chi connectivity index (χ3n) is 6.02. The van der Waals surface area contributed by atoms with Crippen molar-refractivity contribution in [1.82, 2.24) is 15.2 Å². The van der Waals surface area contributed by atoms with Crippen molar-refractivity contribution >= 4 is 49.8 Å². The molecule has 9 nitrogen and oxygen atoms in total. The number of nitriles is 1. The molecule has 0 aliphatic carbocycles. The quantitative estimate of drug-likeness (QED) is 0.174. The first kappa shape index (κ1) is 28.9. The van der Waals surface area contributed by atoms with Gasteiger partial charge in [-0.1, -0.05) is 72.0 Å². The summed E-state index contributed by atoms with van der Waals surface area (Å²) in [6.45, 7) is 1.73. The monoisotopic (exact) mass is 612 g/mol. The number of hydrogen-bond acceptors (Lipinski definition) is 9. The number of amides is 1. The van der Waals surface area contributed by atoms with Crippen LogP contribution < -0.4 is 10.0 Å². The van der Waals surface area contributed by atoms with Crippen LogP contribution in [0, 0.1) is 18.3 Å². The predicted molar refractivity (Wildman–Crippen MR) is 166 cm³/mol. The van der Waals surface area contributed by atoms with Crippen LogP contribution in [0.4, 0.5) is 10.8 Å². The predicted octanol–water partition coefficient (Wildman–Crippen LogP) is 6.37. The van der Waals surface area contributed by atoms with Gasteiger partial charge in [-0.15, -0.1) is 22.0 Å². The largest absolute Gasteiger partial charge is 0.326 e. The van der Waals surface area contributed by atoms with Crippen molar-refractivity contribution in [2.75, 3.05) is 15.8 Å². The maximum atomic E-state index is 12.7. The number of nitrogens with zero attached hydrogens (tertiary/aromatic N) is 4. The molecule has 3 aromatic carbocycles. The molecular weight excluding hydrogens is 589 g/mol. The fraction of sp³-hybridized carbons (Fsp3) is 0.100. The number of anilines is 2. The van der Waals surface area contributed by atoms with E-state index in [0.717, 1.165) is 33.7 Å². The molecule has 210 valence electrons. The topological polar surface area (TPSA) is 138 Å². The lowest BCUT2D eigenvalue weighted by Crippen LogP contribution is -2.14. The molecule has 42 heavy (non-hydrogen) atoms. The average Bonchev–Trinajstić information content (AvgIpc) is 3.41. The fourth-order valence-corrected chi connectivity index (χ4v) is 6.79. The summed E-state index contributed by atoms with van der Waals surface area (Å²) >= 11 is 2.48. The second-order valence-electron chi connectivity index (χ2n) is 8.98. The average molecular weight is 613 g/mol. The number of carbonyl (C=O) groups is 1. The summed E-state index contributed by atoms with van der Waals surface area (Å²) in [7, 11) is -3.84. The number of aromatic nitrogens is 3. The zero-order valence-corrected chi connectivity index (χ0v) is 24.8. The van der Waals surface area contributed by atoms with E-state index >= 15 is 0 Å². The van der Waals surface area contributed by atoms with Crippen LogP contribution in [0.3, 0.4) is 0 Å². The minimum Gasteiger partial charge on any atom is -0.326 e. The molecular formula is C30H24N6O3S3. The van der Waals surface area contributed by atoms with Gasteiger partial charge in [-0.2, -0.15) is 5.26 Å². The van der Waals surface area contributed by atoms with E-state index in [1.54, 1.807) is 6.92 Å². The zero-order chi connectivity index (χ0) is 29.5. The van der Waals surface area contributed by atoms with Crippen molar-refractivity contribution < 1.29 is 13.2 Å². The minimum atomic E-state index is -3.84. The number of hydrogen-bond donors (Lipinski definition) is 2. The van der Waals surface area contributed by atoms with Crippen molar-refractivity contribution in [3.05, 3.63) is 102 Å². The van der Waals surface area contributed by atoms with Gasteiger partial charge in [0.1, 0.15) is 16.1 Å². The molecule has 5 rings (SSSR count). The number of carbonyl (C=O) groups excluding carboxylic acids is 1. The Bertz CT molecular complexity index is 1850. The number of nitrogens with one attached hydrogen (secondary N) is 2. The van der Waals surface area contributed by atoms with Crippen LogP contribution in [0.1, 0.15) is 17.0 Å². The number of sulfonamides is 1. The highest BCUT2D eigenvalue weighted by Crippen LogP contribution is 2.34. The first-order valence-electron chi connectivity index (χ1n) is 12.7. The summed E-state index contributed by atoms with van der Waals surface area (Å²) in [6, 6.07) is 29.5. The third kappa shape index (κ3) is 7.01. The van der Waals surface area contributed by atoms with E-state index in [4.69, 9.17) is 4.98 Å². The molecule has 0 spiro atoms. The summed E-state index contributed by atoms with van der Waals surface area (Å²) in [5, 5.41) is 21.8. The number of pyridine rings is 1. The summed E-state index contributed by atoms with van der Waals surface area (Å²) in [5.74, 6) is 0.138. The van der Waals surface area contributed by atoms with Crippen LogP contribution in [-0.4, -0.2) is 35.3 Å². The number of thioether (sulfide) groups is 1. The van der Waals surface area contributed by atoms with Crippen molar-refractivity contribution in [3.8, 4) is 28.5 Å². The molecule has 0 aliphatic heterocycles. The van der Waals surface area contributed by atoms with E-state index in [-0.39, 0.29) is 22.4 Å². The van der Waals surface area contributed by atoms with E-state index in [1.165, 1.54) is 36.0 Å². The van der Waals surface area contributed by atoms with E-state index in [2.05, 4.69) is 26.3 Å². The second kappa shape index (κ2) is 12.9. The Kier molecular flexibility index (Phi) is 8.92. The lowest BCUT2D eigenvalue weighted by molar-refractivity contribution is -0.115. The highest BCUT2D eigenvalue weighted by molar-refractivity contribution is 7.99. The molecule has 0 atom stereocenters. The normalized spacial score (nSPS) is 11.0. The summed E-state index contributed by atoms with van der Waals surface area (Å²) in [5.41, 5.74) is 4.28. The molecule has 12 heteroatoms. The molecule has 1 amide bonds. The molecule has 0 saturated carbocycles. The van der Waals surface area contributed by atoms with Crippen LogP contribution in [0.15, 0.2) is 101 Å². The van der Waals surface area contributed by atoms with Gasteiger partial charge >= 0.3 is 0 Å². The van der Waals surface area contributed by atoms with Gasteiger partial charge in [0, 0.05) is 29.0 Å². The van der Waals surface area contributed by atoms with Crippen molar-refractivity contribution in [2.24, 2.45) is 0 Å². The molecule has 0 fully saturated rings. The van der Waals surface area contributed by atoms with E-state index in [1.807, 2.05) is 66.7 Å². The maximum Gasteiger partial charge on any atom is 0.263 e. The smallest absolute Gasteiger partial charge is 0.263 e. The van der Waals surface area contributed by atoms with Crippen LogP contribution in [0.5, 0.6) is 0 Å². The fourth-order valence-electron chi connectivity index (χ4n) is 4.03. The summed E-state index contributed by atoms with van der Waals surface area (Å²) in [6.07, 6.45) is 0.158. The molecule has 5 aromatic rings. The molecule has 0 aliphatic rings. The van der Waals surface area contributed by atoms with Crippen LogP contribution in [0.2, 0.25) is 0 Å².